The Morgan fingerprint density at radius 2 is 2.04 bits per heavy atom. The minimum Gasteiger partial charge on any atom is -0.337 e. The van der Waals surface area contributed by atoms with Crippen LogP contribution in [0.15, 0.2) is 30.3 Å². The number of carbonyl (C=O) groups is 1. The fraction of sp³-hybridized carbons (Fsp3) is 0.421. The molecule has 0 saturated carbocycles. The molecule has 3 heterocycles. The van der Waals surface area contributed by atoms with Crippen LogP contribution in [0.2, 0.25) is 0 Å². The van der Waals surface area contributed by atoms with Gasteiger partial charge in [0.25, 0.3) is 5.91 Å². The number of aromatic nitrogens is 4. The van der Waals surface area contributed by atoms with E-state index in [1.54, 1.807) is 4.68 Å². The molecule has 1 fully saturated rings. The summed E-state index contributed by atoms with van der Waals surface area (Å²) in [6.07, 6.45) is 2.06. The van der Waals surface area contributed by atoms with E-state index in [-0.39, 0.29) is 11.8 Å². The zero-order valence-electron chi connectivity index (χ0n) is 14.9. The van der Waals surface area contributed by atoms with Crippen LogP contribution in [0.25, 0.3) is 11.0 Å². The Morgan fingerprint density at radius 1 is 1.24 bits per heavy atom. The quantitative estimate of drug-likeness (QED) is 0.722. The molecule has 1 amide bonds. The van der Waals surface area contributed by atoms with Gasteiger partial charge in [0.1, 0.15) is 11.5 Å². The van der Waals surface area contributed by atoms with Gasteiger partial charge >= 0.3 is 0 Å². The molecule has 1 atom stereocenters. The molecule has 2 aromatic heterocycles. The van der Waals surface area contributed by atoms with Crippen LogP contribution in [-0.2, 0) is 14.1 Å². The predicted octanol–water partition coefficient (Wildman–Crippen LogP) is 2.64. The van der Waals surface area contributed by atoms with Gasteiger partial charge in [-0.25, -0.2) is 4.98 Å². The maximum atomic E-state index is 12.9. The molecular weight excluding hydrogens is 314 g/mol. The van der Waals surface area contributed by atoms with Crippen molar-refractivity contribution in [2.45, 2.75) is 25.7 Å². The third-order valence-corrected chi connectivity index (χ3v) is 5.12. The van der Waals surface area contributed by atoms with Crippen LogP contribution in [0.5, 0.6) is 0 Å². The number of rotatable bonds is 2. The van der Waals surface area contributed by atoms with Crippen LogP contribution >= 0.6 is 0 Å². The first-order valence-corrected chi connectivity index (χ1v) is 8.76. The van der Waals surface area contributed by atoms with Crippen LogP contribution in [0.4, 0.5) is 0 Å². The summed E-state index contributed by atoms with van der Waals surface area (Å²) in [5.74, 6) is 1.40. The van der Waals surface area contributed by atoms with Crippen molar-refractivity contribution in [1.82, 2.24) is 24.2 Å². The van der Waals surface area contributed by atoms with Crippen LogP contribution in [0, 0.1) is 6.92 Å². The van der Waals surface area contributed by atoms with Crippen molar-refractivity contribution < 1.29 is 4.79 Å². The molecule has 25 heavy (non-hydrogen) atoms. The number of piperidine rings is 1. The second-order valence-electron chi connectivity index (χ2n) is 6.90. The molecule has 1 aliphatic heterocycles. The molecule has 4 rings (SSSR count). The molecule has 1 unspecified atom stereocenters. The van der Waals surface area contributed by atoms with Gasteiger partial charge in [-0.1, -0.05) is 12.1 Å². The molecule has 3 aromatic rings. The Labute approximate surface area is 147 Å². The van der Waals surface area contributed by atoms with E-state index in [1.165, 1.54) is 0 Å². The minimum absolute atomic E-state index is 0.0616. The molecule has 0 bridgehead atoms. The number of hydrogen-bond acceptors (Lipinski definition) is 3. The molecule has 1 aliphatic rings. The molecule has 0 spiro atoms. The summed E-state index contributed by atoms with van der Waals surface area (Å²) in [7, 11) is 3.89. The highest BCUT2D eigenvalue weighted by molar-refractivity contribution is 5.92. The van der Waals surface area contributed by atoms with Gasteiger partial charge in [0.15, 0.2) is 0 Å². The summed E-state index contributed by atoms with van der Waals surface area (Å²) in [4.78, 5) is 19.7. The van der Waals surface area contributed by atoms with Crippen molar-refractivity contribution in [2.24, 2.45) is 14.1 Å². The summed E-state index contributed by atoms with van der Waals surface area (Å²) >= 11 is 0. The number of benzene rings is 1. The van der Waals surface area contributed by atoms with Gasteiger partial charge in [0, 0.05) is 33.1 Å². The Hall–Kier alpha value is -2.63. The smallest absolute Gasteiger partial charge is 0.272 e. The number of imidazole rings is 1. The summed E-state index contributed by atoms with van der Waals surface area (Å²) < 4.78 is 3.85. The molecule has 0 aliphatic carbocycles. The van der Waals surface area contributed by atoms with Crippen LogP contribution in [-0.4, -0.2) is 43.2 Å². The molecule has 1 aromatic carbocycles. The van der Waals surface area contributed by atoms with Crippen LogP contribution < -0.4 is 0 Å². The summed E-state index contributed by atoms with van der Waals surface area (Å²) in [6.45, 7) is 3.42. The number of hydrogen-bond donors (Lipinski definition) is 0. The van der Waals surface area contributed by atoms with Crippen molar-refractivity contribution >= 4 is 16.9 Å². The monoisotopic (exact) mass is 337 g/mol. The maximum Gasteiger partial charge on any atom is 0.272 e. The van der Waals surface area contributed by atoms with E-state index in [1.807, 2.05) is 43.1 Å². The van der Waals surface area contributed by atoms with E-state index < -0.39 is 0 Å². The second kappa shape index (κ2) is 6.02. The van der Waals surface area contributed by atoms with Crippen LogP contribution in [0.3, 0.4) is 0 Å². The van der Waals surface area contributed by atoms with E-state index in [0.29, 0.717) is 12.2 Å². The minimum atomic E-state index is 0.0616. The van der Waals surface area contributed by atoms with Crippen LogP contribution in [0.1, 0.15) is 40.8 Å². The lowest BCUT2D eigenvalue weighted by molar-refractivity contribution is 0.0692. The Balaban J connectivity index is 1.61. The average molecular weight is 337 g/mol. The number of aryl methyl sites for hydroxylation is 3. The molecule has 130 valence electrons. The number of fused-ring (bicyclic) bond motifs is 1. The van der Waals surface area contributed by atoms with Crippen molar-refractivity contribution in [3.8, 4) is 0 Å². The Kier molecular flexibility index (Phi) is 3.82. The molecule has 0 radical (unpaired) electrons. The molecule has 6 nitrogen and oxygen atoms in total. The summed E-state index contributed by atoms with van der Waals surface area (Å²) in [5.41, 5.74) is 3.69. The number of carbonyl (C=O) groups excluding carboxylic acids is 1. The van der Waals surface area contributed by atoms with E-state index in [2.05, 4.69) is 22.8 Å². The van der Waals surface area contributed by atoms with Gasteiger partial charge in [-0.05, 0) is 38.0 Å². The lowest BCUT2D eigenvalue weighted by atomic mass is 9.97. The van der Waals surface area contributed by atoms with Crippen molar-refractivity contribution in [1.29, 1.82) is 0 Å². The topological polar surface area (TPSA) is 56.0 Å². The summed E-state index contributed by atoms with van der Waals surface area (Å²) in [6, 6.07) is 10.1. The van der Waals surface area contributed by atoms with Gasteiger partial charge in [-0.15, -0.1) is 0 Å². The zero-order chi connectivity index (χ0) is 17.6. The third-order valence-electron chi connectivity index (χ3n) is 5.12. The number of nitrogens with zero attached hydrogens (tertiary/aromatic N) is 5. The highest BCUT2D eigenvalue weighted by Crippen LogP contribution is 2.29. The third kappa shape index (κ3) is 2.71. The first kappa shape index (κ1) is 15.9. The average Bonchev–Trinajstić information content (AvgIpc) is 3.14. The zero-order valence-corrected chi connectivity index (χ0v) is 14.9. The predicted molar refractivity (Wildman–Crippen MR) is 96.5 cm³/mol. The molecular formula is C19H23N5O. The normalized spacial score (nSPS) is 18.0. The standard InChI is InChI=1S/C19H23N5O/c1-13-11-17(23(3)21-13)19(25)24-10-6-7-14(12-24)18-20-15-8-4-5-9-16(15)22(18)2/h4-5,8-9,11,14H,6-7,10,12H2,1-3H3. The van der Waals surface area contributed by atoms with Gasteiger partial charge in [0.05, 0.1) is 16.7 Å². The SMILES string of the molecule is Cc1cc(C(=O)N2CCCC(c3nc4ccccc4n3C)C2)n(C)n1. The van der Waals surface area contributed by atoms with Gasteiger partial charge in [0.2, 0.25) is 0 Å². The lowest BCUT2D eigenvalue weighted by Gasteiger charge is -2.32. The van der Waals surface area contributed by atoms with Crippen molar-refractivity contribution in [2.75, 3.05) is 13.1 Å². The second-order valence-corrected chi connectivity index (χ2v) is 6.90. The van der Waals surface area contributed by atoms with Gasteiger partial charge < -0.3 is 9.47 Å². The number of para-hydroxylation sites is 2. The van der Waals surface area contributed by atoms with E-state index in [4.69, 9.17) is 4.98 Å². The van der Waals surface area contributed by atoms with Gasteiger partial charge in [-0.2, -0.15) is 5.10 Å². The molecule has 6 heteroatoms. The lowest BCUT2D eigenvalue weighted by Crippen LogP contribution is -2.40. The van der Waals surface area contributed by atoms with E-state index >= 15 is 0 Å². The first-order chi connectivity index (χ1) is 12.0. The summed E-state index contributed by atoms with van der Waals surface area (Å²) in [5, 5.41) is 4.30. The highest BCUT2D eigenvalue weighted by atomic mass is 16.2. The molecule has 0 N–H and O–H groups in total. The maximum absolute atomic E-state index is 12.9. The first-order valence-electron chi connectivity index (χ1n) is 8.76. The highest BCUT2D eigenvalue weighted by Gasteiger charge is 2.29. The van der Waals surface area contributed by atoms with Crippen molar-refractivity contribution in [3.05, 3.63) is 47.5 Å². The Bertz CT molecular complexity index is 939. The van der Waals surface area contributed by atoms with Crippen molar-refractivity contribution in [3.63, 3.8) is 0 Å². The number of likely N-dealkylation sites (tertiary alicyclic amines) is 1. The van der Waals surface area contributed by atoms with E-state index in [9.17, 15) is 4.79 Å². The molecule has 1 saturated heterocycles. The Morgan fingerprint density at radius 3 is 2.76 bits per heavy atom. The largest absolute Gasteiger partial charge is 0.337 e. The fourth-order valence-corrected chi connectivity index (χ4v) is 3.87. The fourth-order valence-electron chi connectivity index (χ4n) is 3.87. The van der Waals surface area contributed by atoms with Gasteiger partial charge in [-0.3, -0.25) is 9.48 Å². The van der Waals surface area contributed by atoms with E-state index in [0.717, 1.165) is 41.9 Å². The number of amides is 1.